The fourth-order valence-corrected chi connectivity index (χ4v) is 7.32. The van der Waals surface area contributed by atoms with Gasteiger partial charge in [-0.05, 0) is 41.2 Å². The van der Waals surface area contributed by atoms with Crippen molar-refractivity contribution in [1.29, 1.82) is 0 Å². The van der Waals surface area contributed by atoms with Crippen molar-refractivity contribution in [2.45, 2.75) is 29.0 Å². The van der Waals surface area contributed by atoms with Crippen LogP contribution in [-0.2, 0) is 14.8 Å². The summed E-state index contributed by atoms with van der Waals surface area (Å²) < 4.78 is 28.1. The smallest absolute Gasteiger partial charge is 0.244 e. The highest BCUT2D eigenvalue weighted by atomic mass is 32.2. The third-order valence-electron chi connectivity index (χ3n) is 5.89. The van der Waals surface area contributed by atoms with Gasteiger partial charge in [0, 0.05) is 25.3 Å². The Kier molecular flexibility index (Phi) is 7.65. The molecule has 1 N–H and O–H groups in total. The van der Waals surface area contributed by atoms with Gasteiger partial charge >= 0.3 is 0 Å². The van der Waals surface area contributed by atoms with Crippen molar-refractivity contribution >= 4 is 27.6 Å². The Morgan fingerprint density at radius 3 is 2.18 bits per heavy atom. The van der Waals surface area contributed by atoms with Crippen molar-refractivity contribution in [1.82, 2.24) is 4.31 Å². The average molecular weight is 482 g/mol. The van der Waals surface area contributed by atoms with Crippen molar-refractivity contribution in [3.8, 4) is 11.1 Å². The van der Waals surface area contributed by atoms with Gasteiger partial charge in [0.05, 0.1) is 4.90 Å². The first kappa shape index (κ1) is 23.7. The lowest BCUT2D eigenvalue weighted by atomic mass is 9.91. The van der Waals surface area contributed by atoms with Gasteiger partial charge in [-0.2, -0.15) is 4.31 Å². The number of hydrogen-bond acceptors (Lipinski definition) is 5. The fourth-order valence-electron chi connectivity index (χ4n) is 4.15. The van der Waals surface area contributed by atoms with Crippen LogP contribution >= 0.6 is 11.8 Å². The molecule has 1 fully saturated rings. The van der Waals surface area contributed by atoms with E-state index in [1.54, 1.807) is 24.3 Å². The molecule has 5 nitrogen and oxygen atoms in total. The number of Topliss-reactive ketones (excluding diaryl/α,β-unsaturated/α-hetero) is 1. The SMILES string of the molecule is O=C(C[C@@H](CCO)c1ccccc1)[C@H]1SCCN1S(=O)(=O)c1ccc(-c2ccccc2)cc1. The number of aliphatic hydroxyl groups excluding tert-OH is 1. The first-order valence-corrected chi connectivity index (χ1v) is 13.5. The molecule has 3 aromatic carbocycles. The van der Waals surface area contributed by atoms with E-state index in [2.05, 4.69) is 0 Å². The summed E-state index contributed by atoms with van der Waals surface area (Å²) in [5.74, 6) is 0.317. The predicted molar refractivity (Wildman–Crippen MR) is 133 cm³/mol. The summed E-state index contributed by atoms with van der Waals surface area (Å²) in [4.78, 5) is 13.4. The number of benzene rings is 3. The topological polar surface area (TPSA) is 74.7 Å². The Labute approximate surface area is 199 Å². The first-order valence-electron chi connectivity index (χ1n) is 11.0. The van der Waals surface area contributed by atoms with E-state index in [1.165, 1.54) is 16.1 Å². The number of carbonyl (C=O) groups excluding carboxylic acids is 1. The van der Waals surface area contributed by atoms with Crippen LogP contribution in [-0.4, -0.2) is 47.9 Å². The van der Waals surface area contributed by atoms with Crippen LogP contribution in [0.2, 0.25) is 0 Å². The summed E-state index contributed by atoms with van der Waals surface area (Å²) in [5, 5.41) is 8.75. The molecule has 1 saturated heterocycles. The van der Waals surface area contributed by atoms with Crippen molar-refractivity contribution in [2.24, 2.45) is 0 Å². The van der Waals surface area contributed by atoms with Crippen molar-refractivity contribution in [3.05, 3.63) is 90.5 Å². The molecular formula is C26H27NO4S2. The molecule has 0 bridgehead atoms. The summed E-state index contributed by atoms with van der Waals surface area (Å²) in [5.41, 5.74) is 2.93. The summed E-state index contributed by atoms with van der Waals surface area (Å²) >= 11 is 1.37. The Hall–Kier alpha value is -2.45. The minimum Gasteiger partial charge on any atom is -0.396 e. The zero-order valence-corrected chi connectivity index (χ0v) is 19.8. The molecule has 1 aliphatic rings. The molecule has 0 radical (unpaired) electrons. The molecule has 0 aromatic heterocycles. The van der Waals surface area contributed by atoms with E-state index in [1.807, 2.05) is 60.7 Å². The van der Waals surface area contributed by atoms with Gasteiger partial charge in [-0.15, -0.1) is 11.8 Å². The molecular weight excluding hydrogens is 454 g/mol. The van der Waals surface area contributed by atoms with Crippen LogP contribution in [0.25, 0.3) is 11.1 Å². The molecule has 7 heteroatoms. The van der Waals surface area contributed by atoms with E-state index in [0.717, 1.165) is 16.7 Å². The highest BCUT2D eigenvalue weighted by molar-refractivity contribution is 8.02. The third kappa shape index (κ3) is 5.38. The normalized spacial score (nSPS) is 17.7. The molecule has 2 atom stereocenters. The molecule has 33 heavy (non-hydrogen) atoms. The summed E-state index contributed by atoms with van der Waals surface area (Å²) in [7, 11) is -3.80. The molecule has 4 rings (SSSR count). The van der Waals surface area contributed by atoms with E-state index < -0.39 is 15.4 Å². The Bertz CT molecular complexity index is 1170. The van der Waals surface area contributed by atoms with E-state index in [0.29, 0.717) is 18.7 Å². The third-order valence-corrected chi connectivity index (χ3v) is 9.15. The summed E-state index contributed by atoms with van der Waals surface area (Å²) in [6.45, 7) is 0.278. The highest BCUT2D eigenvalue weighted by Crippen LogP contribution is 2.34. The van der Waals surface area contributed by atoms with Gasteiger partial charge in [0.2, 0.25) is 10.0 Å². The number of nitrogens with zero attached hydrogens (tertiary/aromatic N) is 1. The molecule has 172 valence electrons. The quantitative estimate of drug-likeness (QED) is 0.486. The van der Waals surface area contributed by atoms with Crippen LogP contribution in [0.5, 0.6) is 0 Å². The molecule has 0 spiro atoms. The van der Waals surface area contributed by atoms with Gasteiger partial charge in [-0.25, -0.2) is 8.42 Å². The number of aliphatic hydroxyl groups is 1. The predicted octanol–water partition coefficient (Wildman–Crippen LogP) is 4.54. The molecule has 0 aliphatic carbocycles. The Morgan fingerprint density at radius 1 is 0.939 bits per heavy atom. The maximum absolute atomic E-state index is 13.4. The second-order valence-corrected chi connectivity index (χ2v) is 11.1. The minimum absolute atomic E-state index is 0.0274. The number of hydrogen-bond donors (Lipinski definition) is 1. The van der Waals surface area contributed by atoms with Crippen molar-refractivity contribution in [2.75, 3.05) is 18.9 Å². The average Bonchev–Trinajstić information content (AvgIpc) is 3.36. The molecule has 3 aromatic rings. The monoisotopic (exact) mass is 481 g/mol. The number of rotatable bonds is 9. The van der Waals surface area contributed by atoms with Gasteiger partial charge < -0.3 is 5.11 Å². The molecule has 0 amide bonds. The molecule has 0 unspecified atom stereocenters. The Balaban J connectivity index is 1.52. The standard InChI is InChI=1S/C26H27NO4S2/c28-17-15-23(21-9-5-2-6-10-21)19-25(29)26-27(16-18-32-26)33(30,31)24-13-11-22(12-14-24)20-7-3-1-4-8-20/h1-14,23,26,28H,15-19H2/t23-,26-/m1/s1. The lowest BCUT2D eigenvalue weighted by molar-refractivity contribution is -0.120. The van der Waals surface area contributed by atoms with Gasteiger partial charge in [0.1, 0.15) is 5.37 Å². The van der Waals surface area contributed by atoms with Crippen LogP contribution in [0.15, 0.2) is 89.8 Å². The molecule has 0 saturated carbocycles. The number of thioether (sulfide) groups is 1. The van der Waals surface area contributed by atoms with Crippen molar-refractivity contribution < 1.29 is 18.3 Å². The van der Waals surface area contributed by atoms with Gasteiger partial charge in [-0.3, -0.25) is 4.79 Å². The number of carbonyl (C=O) groups is 1. The maximum atomic E-state index is 13.4. The molecule has 1 aliphatic heterocycles. The van der Waals surface area contributed by atoms with E-state index >= 15 is 0 Å². The van der Waals surface area contributed by atoms with Crippen LogP contribution in [0.1, 0.15) is 24.3 Å². The zero-order chi connectivity index (χ0) is 23.3. The van der Waals surface area contributed by atoms with Crippen LogP contribution in [0, 0.1) is 0 Å². The summed E-state index contributed by atoms with van der Waals surface area (Å²) in [6, 6.07) is 26.2. The lowest BCUT2D eigenvalue weighted by Gasteiger charge is -2.24. The van der Waals surface area contributed by atoms with E-state index in [4.69, 9.17) is 0 Å². The zero-order valence-electron chi connectivity index (χ0n) is 18.2. The largest absolute Gasteiger partial charge is 0.396 e. The fraction of sp³-hybridized carbons (Fsp3) is 0.269. The van der Waals surface area contributed by atoms with Crippen molar-refractivity contribution in [3.63, 3.8) is 0 Å². The lowest BCUT2D eigenvalue weighted by Crippen LogP contribution is -2.39. The molecule has 1 heterocycles. The van der Waals surface area contributed by atoms with Crippen LogP contribution in [0.3, 0.4) is 0 Å². The van der Waals surface area contributed by atoms with Gasteiger partial charge in [-0.1, -0.05) is 72.8 Å². The van der Waals surface area contributed by atoms with Gasteiger partial charge in [0.25, 0.3) is 0 Å². The summed E-state index contributed by atoms with van der Waals surface area (Å²) in [6.07, 6.45) is 0.655. The Morgan fingerprint density at radius 2 is 1.55 bits per heavy atom. The van der Waals surface area contributed by atoms with E-state index in [-0.39, 0.29) is 29.6 Å². The maximum Gasteiger partial charge on any atom is 0.244 e. The first-order chi connectivity index (χ1) is 16.0. The van der Waals surface area contributed by atoms with Crippen LogP contribution < -0.4 is 0 Å². The highest BCUT2D eigenvalue weighted by Gasteiger charge is 2.40. The van der Waals surface area contributed by atoms with Crippen LogP contribution in [0.4, 0.5) is 0 Å². The second-order valence-electron chi connectivity index (χ2n) is 8.02. The van der Waals surface area contributed by atoms with E-state index in [9.17, 15) is 18.3 Å². The number of ketones is 1. The minimum atomic E-state index is -3.80. The second kappa shape index (κ2) is 10.7. The number of sulfonamides is 1. The van der Waals surface area contributed by atoms with Gasteiger partial charge in [0.15, 0.2) is 5.78 Å².